The van der Waals surface area contributed by atoms with Gasteiger partial charge in [-0.3, -0.25) is 4.79 Å². The largest absolute Gasteiger partial charge is 0.459 e. The third-order valence-electron chi connectivity index (χ3n) is 6.00. The number of ether oxygens (including phenoxy) is 2. The van der Waals surface area contributed by atoms with E-state index in [0.717, 1.165) is 29.8 Å². The summed E-state index contributed by atoms with van der Waals surface area (Å²) >= 11 is 6.42. The van der Waals surface area contributed by atoms with Crippen LogP contribution in [0.5, 0.6) is 11.6 Å². The van der Waals surface area contributed by atoms with Gasteiger partial charge in [0.15, 0.2) is 5.76 Å². The lowest BCUT2D eigenvalue weighted by Crippen LogP contribution is -2.37. The van der Waals surface area contributed by atoms with Crippen LogP contribution in [0.15, 0.2) is 77.4 Å². The molecule has 5 rings (SSSR count). The van der Waals surface area contributed by atoms with Gasteiger partial charge in [0, 0.05) is 13.2 Å². The zero-order valence-electron chi connectivity index (χ0n) is 19.4. The molecule has 1 aliphatic heterocycles. The van der Waals surface area contributed by atoms with Crippen LogP contribution < -0.4 is 4.74 Å². The standard InChI is InChI=1S/C27H26ClN3O4/c1-19-22(18-30(17-21-11-7-15-33-21)26(32)25-14-8-16-34-25)27(35-24-13-6-5-12-23(24)28)31(29-19)20-9-3-2-4-10-20/h2-6,8-10,12-14,16,21H,7,11,15,17-18H2,1H3/t21-/m1/s1. The fourth-order valence-electron chi connectivity index (χ4n) is 4.20. The van der Waals surface area contributed by atoms with Crippen LogP contribution >= 0.6 is 11.6 Å². The molecule has 0 spiro atoms. The fourth-order valence-corrected chi connectivity index (χ4v) is 4.38. The third kappa shape index (κ3) is 5.11. The second-order valence-corrected chi connectivity index (χ2v) is 8.85. The number of para-hydroxylation sites is 2. The summed E-state index contributed by atoms with van der Waals surface area (Å²) in [6.07, 6.45) is 3.38. The van der Waals surface area contributed by atoms with Gasteiger partial charge in [0.05, 0.1) is 40.9 Å². The molecule has 0 radical (unpaired) electrons. The van der Waals surface area contributed by atoms with Crippen LogP contribution in [0.3, 0.4) is 0 Å². The van der Waals surface area contributed by atoms with E-state index in [9.17, 15) is 4.79 Å². The first-order valence-corrected chi connectivity index (χ1v) is 12.0. The Morgan fingerprint density at radius 1 is 1.14 bits per heavy atom. The lowest BCUT2D eigenvalue weighted by molar-refractivity contribution is 0.0482. The SMILES string of the molecule is Cc1nn(-c2ccccc2)c(Oc2ccccc2Cl)c1CN(C[C@H]1CCCO1)C(=O)c1ccco1. The average Bonchev–Trinajstić information content (AvgIpc) is 3.64. The first kappa shape index (κ1) is 23.2. The van der Waals surface area contributed by atoms with Gasteiger partial charge in [-0.25, -0.2) is 4.68 Å². The van der Waals surface area contributed by atoms with Crippen molar-refractivity contribution in [1.82, 2.24) is 14.7 Å². The van der Waals surface area contributed by atoms with Gasteiger partial charge < -0.3 is 18.8 Å². The molecular weight excluding hydrogens is 466 g/mol. The minimum atomic E-state index is -0.207. The number of nitrogens with zero attached hydrogens (tertiary/aromatic N) is 3. The molecule has 8 heteroatoms. The van der Waals surface area contributed by atoms with Crippen molar-refractivity contribution >= 4 is 17.5 Å². The molecule has 1 aliphatic rings. The van der Waals surface area contributed by atoms with Crippen LogP contribution in [0.25, 0.3) is 5.69 Å². The van der Waals surface area contributed by atoms with E-state index in [1.807, 2.05) is 55.5 Å². The molecule has 0 N–H and O–H groups in total. The van der Waals surface area contributed by atoms with E-state index in [1.54, 1.807) is 27.8 Å². The van der Waals surface area contributed by atoms with Crippen molar-refractivity contribution in [2.75, 3.05) is 13.2 Å². The van der Waals surface area contributed by atoms with Crippen molar-refractivity contribution < 1.29 is 18.7 Å². The van der Waals surface area contributed by atoms with Gasteiger partial charge in [-0.1, -0.05) is 41.9 Å². The summed E-state index contributed by atoms with van der Waals surface area (Å²) in [6, 6.07) is 20.4. The number of amides is 1. The number of carbonyl (C=O) groups is 1. The highest BCUT2D eigenvalue weighted by molar-refractivity contribution is 6.32. The average molecular weight is 492 g/mol. The number of rotatable bonds is 8. The van der Waals surface area contributed by atoms with Crippen LogP contribution in [0.1, 0.15) is 34.7 Å². The molecule has 180 valence electrons. The van der Waals surface area contributed by atoms with E-state index in [0.29, 0.717) is 29.8 Å². The van der Waals surface area contributed by atoms with E-state index < -0.39 is 0 Å². The molecule has 7 nitrogen and oxygen atoms in total. The Labute approximate surface area is 208 Å². The predicted molar refractivity (Wildman–Crippen MR) is 132 cm³/mol. The molecule has 35 heavy (non-hydrogen) atoms. The molecule has 0 aliphatic carbocycles. The van der Waals surface area contributed by atoms with Gasteiger partial charge in [-0.15, -0.1) is 0 Å². The summed E-state index contributed by atoms with van der Waals surface area (Å²) in [4.78, 5) is 15.1. The Morgan fingerprint density at radius 2 is 1.94 bits per heavy atom. The van der Waals surface area contributed by atoms with Crippen LogP contribution in [0, 0.1) is 6.92 Å². The van der Waals surface area contributed by atoms with Crippen LogP contribution in [0.2, 0.25) is 5.02 Å². The summed E-state index contributed by atoms with van der Waals surface area (Å²) < 4.78 is 19.4. The maximum absolute atomic E-state index is 13.4. The van der Waals surface area contributed by atoms with Crippen molar-refractivity contribution in [3.8, 4) is 17.3 Å². The molecule has 2 aromatic heterocycles. The fraction of sp³-hybridized carbons (Fsp3) is 0.259. The van der Waals surface area contributed by atoms with Gasteiger partial charge >= 0.3 is 0 Å². The molecule has 2 aromatic carbocycles. The molecule has 0 bridgehead atoms. The van der Waals surface area contributed by atoms with Crippen LogP contribution in [-0.2, 0) is 11.3 Å². The highest BCUT2D eigenvalue weighted by Crippen LogP contribution is 2.35. The van der Waals surface area contributed by atoms with Crippen molar-refractivity contribution in [3.63, 3.8) is 0 Å². The molecule has 1 amide bonds. The van der Waals surface area contributed by atoms with Crippen LogP contribution in [-0.4, -0.2) is 39.8 Å². The first-order chi connectivity index (χ1) is 17.1. The van der Waals surface area contributed by atoms with E-state index in [-0.39, 0.29) is 24.3 Å². The number of carbonyl (C=O) groups excluding carboxylic acids is 1. The minimum absolute atomic E-state index is 0.0219. The zero-order chi connectivity index (χ0) is 24.2. The highest BCUT2D eigenvalue weighted by Gasteiger charge is 2.29. The minimum Gasteiger partial charge on any atom is -0.459 e. The maximum Gasteiger partial charge on any atom is 0.289 e. The van der Waals surface area contributed by atoms with Gasteiger partial charge in [0.2, 0.25) is 5.88 Å². The zero-order valence-corrected chi connectivity index (χ0v) is 20.1. The van der Waals surface area contributed by atoms with Crippen LogP contribution in [0.4, 0.5) is 0 Å². The number of halogens is 1. The van der Waals surface area contributed by atoms with Gasteiger partial charge in [-0.05, 0) is 56.2 Å². The van der Waals surface area contributed by atoms with E-state index >= 15 is 0 Å². The number of furan rings is 1. The number of aromatic nitrogens is 2. The lowest BCUT2D eigenvalue weighted by atomic mass is 10.1. The van der Waals surface area contributed by atoms with Gasteiger partial charge in [0.1, 0.15) is 5.75 Å². The van der Waals surface area contributed by atoms with Crippen molar-refractivity contribution in [2.24, 2.45) is 0 Å². The Hall–Kier alpha value is -3.55. The second kappa shape index (κ2) is 10.4. The third-order valence-corrected chi connectivity index (χ3v) is 6.31. The molecule has 0 unspecified atom stereocenters. The molecule has 1 saturated heterocycles. The maximum atomic E-state index is 13.4. The topological polar surface area (TPSA) is 69.7 Å². The monoisotopic (exact) mass is 491 g/mol. The Kier molecular flexibility index (Phi) is 6.88. The first-order valence-electron chi connectivity index (χ1n) is 11.6. The molecular formula is C27H26ClN3O4. The summed E-state index contributed by atoms with van der Waals surface area (Å²) in [5.41, 5.74) is 2.37. The van der Waals surface area contributed by atoms with E-state index in [4.69, 9.17) is 30.6 Å². The van der Waals surface area contributed by atoms with Gasteiger partial charge in [0.25, 0.3) is 5.91 Å². The number of benzene rings is 2. The van der Waals surface area contributed by atoms with E-state index in [2.05, 4.69) is 0 Å². The number of aryl methyl sites for hydroxylation is 1. The molecule has 0 saturated carbocycles. The summed E-state index contributed by atoms with van der Waals surface area (Å²) in [7, 11) is 0. The van der Waals surface area contributed by atoms with Gasteiger partial charge in [-0.2, -0.15) is 5.10 Å². The van der Waals surface area contributed by atoms with Crippen molar-refractivity contribution in [2.45, 2.75) is 32.4 Å². The summed E-state index contributed by atoms with van der Waals surface area (Å²) in [5, 5.41) is 5.26. The highest BCUT2D eigenvalue weighted by atomic mass is 35.5. The second-order valence-electron chi connectivity index (χ2n) is 8.45. The number of hydrogen-bond donors (Lipinski definition) is 0. The normalized spacial score (nSPS) is 15.3. The predicted octanol–water partition coefficient (Wildman–Crippen LogP) is 6.04. The summed E-state index contributed by atoms with van der Waals surface area (Å²) in [5.74, 6) is 1.09. The smallest absolute Gasteiger partial charge is 0.289 e. The lowest BCUT2D eigenvalue weighted by Gasteiger charge is -2.25. The Morgan fingerprint density at radius 3 is 2.66 bits per heavy atom. The summed E-state index contributed by atoms with van der Waals surface area (Å²) in [6.45, 7) is 3.34. The molecule has 1 fully saturated rings. The van der Waals surface area contributed by atoms with Crippen molar-refractivity contribution in [3.05, 3.63) is 95.0 Å². The molecule has 1 atom stereocenters. The number of hydrogen-bond acceptors (Lipinski definition) is 5. The Balaban J connectivity index is 1.55. The van der Waals surface area contributed by atoms with E-state index in [1.165, 1.54) is 6.26 Å². The molecule has 4 aromatic rings. The Bertz CT molecular complexity index is 1280. The quantitative estimate of drug-likeness (QED) is 0.300. The molecule has 3 heterocycles. The van der Waals surface area contributed by atoms with Crippen molar-refractivity contribution in [1.29, 1.82) is 0 Å².